The van der Waals surface area contributed by atoms with Crippen molar-refractivity contribution in [2.75, 3.05) is 13.1 Å². The van der Waals surface area contributed by atoms with Crippen LogP contribution in [0.3, 0.4) is 0 Å². The van der Waals surface area contributed by atoms with Crippen LogP contribution in [0.5, 0.6) is 0 Å². The van der Waals surface area contributed by atoms with Gasteiger partial charge in [0, 0.05) is 29.7 Å². The lowest BCUT2D eigenvalue weighted by molar-refractivity contribution is 0.143. The molecule has 1 unspecified atom stereocenters. The van der Waals surface area contributed by atoms with E-state index in [1.54, 1.807) is 6.26 Å². The van der Waals surface area contributed by atoms with Crippen molar-refractivity contribution in [2.24, 2.45) is 5.73 Å². The van der Waals surface area contributed by atoms with Crippen molar-refractivity contribution in [1.29, 1.82) is 0 Å². The second kappa shape index (κ2) is 6.60. The molecule has 1 saturated heterocycles. The van der Waals surface area contributed by atoms with Crippen LogP contribution < -0.4 is 5.73 Å². The Bertz CT molecular complexity index is 581. The molecule has 0 radical (unpaired) electrons. The molecule has 0 saturated carbocycles. The lowest BCUT2D eigenvalue weighted by Crippen LogP contribution is -2.43. The van der Waals surface area contributed by atoms with Gasteiger partial charge in [-0.05, 0) is 43.7 Å². The molecule has 1 fully saturated rings. The number of nitrogens with zero attached hydrogens (tertiary/aromatic N) is 2. The van der Waals surface area contributed by atoms with Gasteiger partial charge in [0.05, 0.1) is 5.69 Å². The second-order valence-electron chi connectivity index (χ2n) is 5.51. The fourth-order valence-corrected chi connectivity index (χ4v) is 2.97. The largest absolute Gasteiger partial charge is 0.444 e. The SMILES string of the molecule is NCC1CCCCN1Cc1coc(-c2ccc(Cl)cc2)n1. The first-order valence-corrected chi connectivity index (χ1v) is 7.78. The van der Waals surface area contributed by atoms with Crippen molar-refractivity contribution in [3.63, 3.8) is 0 Å². The molecular weight excluding hydrogens is 286 g/mol. The van der Waals surface area contributed by atoms with Crippen LogP contribution in [0.1, 0.15) is 25.0 Å². The summed E-state index contributed by atoms with van der Waals surface area (Å²) in [6.45, 7) is 2.60. The minimum atomic E-state index is 0.467. The number of hydrogen-bond donors (Lipinski definition) is 1. The molecule has 1 aromatic heterocycles. The molecule has 1 atom stereocenters. The summed E-state index contributed by atoms with van der Waals surface area (Å²) < 4.78 is 5.59. The van der Waals surface area contributed by atoms with Crippen LogP contribution in [0.25, 0.3) is 11.5 Å². The van der Waals surface area contributed by atoms with Crippen LogP contribution in [0, 0.1) is 0 Å². The first-order valence-electron chi connectivity index (χ1n) is 7.41. The van der Waals surface area contributed by atoms with Crippen molar-refractivity contribution in [3.05, 3.63) is 41.2 Å². The third-order valence-corrected chi connectivity index (χ3v) is 4.28. The number of aromatic nitrogens is 1. The van der Waals surface area contributed by atoms with Crippen molar-refractivity contribution in [1.82, 2.24) is 9.88 Å². The normalized spacial score (nSPS) is 19.8. The molecule has 1 aromatic carbocycles. The highest BCUT2D eigenvalue weighted by Crippen LogP contribution is 2.23. The molecule has 3 rings (SSSR count). The molecule has 112 valence electrons. The number of hydrogen-bond acceptors (Lipinski definition) is 4. The highest BCUT2D eigenvalue weighted by atomic mass is 35.5. The molecule has 1 aliphatic rings. The van der Waals surface area contributed by atoms with E-state index in [0.717, 1.165) is 24.3 Å². The van der Waals surface area contributed by atoms with Crippen molar-refractivity contribution in [2.45, 2.75) is 31.8 Å². The average molecular weight is 306 g/mol. The maximum atomic E-state index is 5.90. The topological polar surface area (TPSA) is 55.3 Å². The summed E-state index contributed by atoms with van der Waals surface area (Å²) in [5.74, 6) is 0.642. The molecular formula is C16H20ClN3O. The number of nitrogens with two attached hydrogens (primary N) is 1. The van der Waals surface area contributed by atoms with E-state index in [4.69, 9.17) is 21.8 Å². The van der Waals surface area contributed by atoms with E-state index in [1.807, 2.05) is 24.3 Å². The molecule has 2 N–H and O–H groups in total. The van der Waals surface area contributed by atoms with Gasteiger partial charge < -0.3 is 10.2 Å². The predicted molar refractivity (Wildman–Crippen MR) is 84.1 cm³/mol. The Balaban J connectivity index is 1.71. The summed E-state index contributed by atoms with van der Waals surface area (Å²) in [5.41, 5.74) is 7.76. The van der Waals surface area contributed by atoms with Gasteiger partial charge in [-0.2, -0.15) is 0 Å². The van der Waals surface area contributed by atoms with E-state index in [0.29, 0.717) is 23.5 Å². The number of benzene rings is 1. The number of likely N-dealkylation sites (tertiary alicyclic amines) is 1. The lowest BCUT2D eigenvalue weighted by atomic mass is 10.0. The Hall–Kier alpha value is -1.36. The maximum absolute atomic E-state index is 5.90. The summed E-state index contributed by atoms with van der Waals surface area (Å²) in [4.78, 5) is 6.99. The van der Waals surface area contributed by atoms with Crippen LogP contribution in [0.2, 0.25) is 5.02 Å². The molecule has 2 heterocycles. The van der Waals surface area contributed by atoms with Crippen LogP contribution in [-0.2, 0) is 6.54 Å². The zero-order valence-electron chi connectivity index (χ0n) is 12.0. The van der Waals surface area contributed by atoms with E-state index in [9.17, 15) is 0 Å². The Kier molecular flexibility index (Phi) is 4.58. The molecule has 5 heteroatoms. The van der Waals surface area contributed by atoms with Gasteiger partial charge in [-0.1, -0.05) is 18.0 Å². The molecule has 4 nitrogen and oxygen atoms in total. The van der Waals surface area contributed by atoms with Crippen LogP contribution in [0.15, 0.2) is 34.9 Å². The van der Waals surface area contributed by atoms with Crippen LogP contribution in [-0.4, -0.2) is 29.0 Å². The first kappa shape index (κ1) is 14.6. The highest BCUT2D eigenvalue weighted by Gasteiger charge is 2.22. The smallest absolute Gasteiger partial charge is 0.226 e. The summed E-state index contributed by atoms with van der Waals surface area (Å²) in [6.07, 6.45) is 5.43. The predicted octanol–water partition coefficient (Wildman–Crippen LogP) is 3.31. The molecule has 21 heavy (non-hydrogen) atoms. The van der Waals surface area contributed by atoms with E-state index < -0.39 is 0 Å². The number of piperidine rings is 1. The zero-order valence-corrected chi connectivity index (χ0v) is 12.7. The summed E-state index contributed by atoms with van der Waals surface area (Å²) >= 11 is 5.90. The molecule has 0 aliphatic carbocycles. The minimum absolute atomic E-state index is 0.467. The van der Waals surface area contributed by atoms with Crippen molar-refractivity contribution >= 4 is 11.6 Å². The summed E-state index contributed by atoms with van der Waals surface area (Å²) in [5, 5.41) is 0.713. The van der Waals surface area contributed by atoms with E-state index in [2.05, 4.69) is 9.88 Å². The van der Waals surface area contributed by atoms with Gasteiger partial charge in [0.25, 0.3) is 0 Å². The lowest BCUT2D eigenvalue weighted by Gasteiger charge is -2.34. The summed E-state index contributed by atoms with van der Waals surface area (Å²) in [7, 11) is 0. The Morgan fingerprint density at radius 1 is 1.29 bits per heavy atom. The maximum Gasteiger partial charge on any atom is 0.226 e. The molecule has 0 amide bonds. The standard InChI is InChI=1S/C16H20ClN3O/c17-13-6-4-12(5-7-13)16-19-14(11-21-16)10-20-8-2-1-3-15(20)9-18/h4-7,11,15H,1-3,8-10,18H2. The Morgan fingerprint density at radius 2 is 2.10 bits per heavy atom. The highest BCUT2D eigenvalue weighted by molar-refractivity contribution is 6.30. The van der Waals surface area contributed by atoms with Crippen molar-refractivity contribution in [3.8, 4) is 11.5 Å². The minimum Gasteiger partial charge on any atom is -0.444 e. The molecule has 1 aliphatic heterocycles. The quantitative estimate of drug-likeness (QED) is 0.941. The number of oxazole rings is 1. The Morgan fingerprint density at radius 3 is 2.86 bits per heavy atom. The van der Waals surface area contributed by atoms with Crippen molar-refractivity contribution < 1.29 is 4.42 Å². The van der Waals surface area contributed by atoms with Gasteiger partial charge in [-0.15, -0.1) is 0 Å². The number of rotatable bonds is 4. The second-order valence-corrected chi connectivity index (χ2v) is 5.94. The first-order chi connectivity index (χ1) is 10.3. The molecule has 0 spiro atoms. The molecule has 2 aromatic rings. The van der Waals surface area contributed by atoms with E-state index >= 15 is 0 Å². The third-order valence-electron chi connectivity index (χ3n) is 4.03. The van der Waals surface area contributed by atoms with Gasteiger partial charge in [-0.25, -0.2) is 4.98 Å². The third kappa shape index (κ3) is 3.46. The monoisotopic (exact) mass is 305 g/mol. The number of halogens is 1. The van der Waals surface area contributed by atoms with Crippen LogP contribution in [0.4, 0.5) is 0 Å². The summed E-state index contributed by atoms with van der Waals surface area (Å²) in [6, 6.07) is 7.99. The van der Waals surface area contributed by atoms with Gasteiger partial charge in [0.15, 0.2) is 0 Å². The van der Waals surface area contributed by atoms with Crippen LogP contribution >= 0.6 is 11.6 Å². The van der Waals surface area contributed by atoms with Gasteiger partial charge in [-0.3, -0.25) is 4.90 Å². The van der Waals surface area contributed by atoms with E-state index in [1.165, 1.54) is 19.3 Å². The van der Waals surface area contributed by atoms with E-state index in [-0.39, 0.29) is 0 Å². The molecule has 0 bridgehead atoms. The van der Waals surface area contributed by atoms with Gasteiger partial charge in [0.1, 0.15) is 6.26 Å². The average Bonchev–Trinajstić information content (AvgIpc) is 2.97. The van der Waals surface area contributed by atoms with Gasteiger partial charge >= 0.3 is 0 Å². The fourth-order valence-electron chi connectivity index (χ4n) is 2.85. The zero-order chi connectivity index (χ0) is 14.7. The van der Waals surface area contributed by atoms with Gasteiger partial charge in [0.2, 0.25) is 5.89 Å². The fraction of sp³-hybridized carbons (Fsp3) is 0.438. The Labute approximate surface area is 129 Å².